The number of hydrogen-bond acceptors (Lipinski definition) is 7. The van der Waals surface area contributed by atoms with Gasteiger partial charge in [-0.1, -0.05) is 41.3 Å². The van der Waals surface area contributed by atoms with Crippen molar-refractivity contribution in [2.24, 2.45) is 0 Å². The predicted molar refractivity (Wildman–Crippen MR) is 121 cm³/mol. The maximum atomic E-state index is 12.5. The topological polar surface area (TPSA) is 81.2 Å². The van der Waals surface area contributed by atoms with Crippen molar-refractivity contribution < 1.29 is 14.3 Å². The van der Waals surface area contributed by atoms with E-state index >= 15 is 0 Å². The molecule has 0 unspecified atom stereocenters. The number of para-hydroxylation sites is 1. The largest absolute Gasteiger partial charge is 0.496 e. The molecule has 0 saturated carbocycles. The minimum atomic E-state index is -0.295. The standard InChI is InChI=1S/C22H23N3O3S2/c1-12-10-13(2)19(15(4)26)14(3)17(12)11-29-22-25-24-21(30-22)23-20(27)16-8-6-7-9-18(16)28-5/h6-10H,11H2,1-5H3,(H,23,24,27). The third kappa shape index (κ3) is 4.71. The van der Waals surface area contributed by atoms with Crippen LogP contribution in [0.4, 0.5) is 5.13 Å². The van der Waals surface area contributed by atoms with Gasteiger partial charge in [0.2, 0.25) is 5.13 Å². The van der Waals surface area contributed by atoms with E-state index in [0.717, 1.165) is 32.2 Å². The van der Waals surface area contributed by atoms with Gasteiger partial charge in [0, 0.05) is 11.3 Å². The molecule has 1 aromatic heterocycles. The number of methoxy groups -OCH3 is 1. The number of aryl methyl sites for hydroxylation is 2. The average Bonchev–Trinajstić information content (AvgIpc) is 3.14. The Morgan fingerprint density at radius 3 is 2.57 bits per heavy atom. The summed E-state index contributed by atoms with van der Waals surface area (Å²) in [6, 6.07) is 9.07. The first-order valence-electron chi connectivity index (χ1n) is 9.33. The lowest BCUT2D eigenvalue weighted by atomic mass is 9.92. The van der Waals surface area contributed by atoms with E-state index in [9.17, 15) is 9.59 Å². The smallest absolute Gasteiger partial charge is 0.261 e. The zero-order chi connectivity index (χ0) is 21.8. The Balaban J connectivity index is 1.72. The lowest BCUT2D eigenvalue weighted by molar-refractivity contribution is 0.101. The van der Waals surface area contributed by atoms with Gasteiger partial charge in [-0.15, -0.1) is 10.2 Å². The second kappa shape index (κ2) is 9.40. The van der Waals surface area contributed by atoms with Crippen molar-refractivity contribution in [3.63, 3.8) is 0 Å². The van der Waals surface area contributed by atoms with E-state index in [4.69, 9.17) is 4.74 Å². The van der Waals surface area contributed by atoms with Crippen molar-refractivity contribution in [3.05, 3.63) is 63.7 Å². The van der Waals surface area contributed by atoms with Crippen LogP contribution in [0.25, 0.3) is 0 Å². The van der Waals surface area contributed by atoms with Crippen molar-refractivity contribution in [1.82, 2.24) is 10.2 Å². The number of rotatable bonds is 7. The number of amides is 1. The zero-order valence-corrected chi connectivity index (χ0v) is 19.2. The van der Waals surface area contributed by atoms with Gasteiger partial charge in [-0.2, -0.15) is 0 Å². The normalized spacial score (nSPS) is 10.7. The van der Waals surface area contributed by atoms with Gasteiger partial charge in [0.15, 0.2) is 10.1 Å². The lowest BCUT2D eigenvalue weighted by Gasteiger charge is -2.15. The quantitative estimate of drug-likeness (QED) is 0.308. The minimum Gasteiger partial charge on any atom is -0.496 e. The number of nitrogens with one attached hydrogen (secondary N) is 1. The molecule has 0 aliphatic carbocycles. The molecule has 1 N–H and O–H groups in total. The highest BCUT2D eigenvalue weighted by Crippen LogP contribution is 2.32. The van der Waals surface area contributed by atoms with E-state index in [1.54, 1.807) is 25.1 Å². The van der Waals surface area contributed by atoms with Crippen molar-refractivity contribution in [3.8, 4) is 5.75 Å². The van der Waals surface area contributed by atoms with Crippen molar-refractivity contribution in [2.75, 3.05) is 12.4 Å². The van der Waals surface area contributed by atoms with Gasteiger partial charge >= 0.3 is 0 Å². The van der Waals surface area contributed by atoms with Crippen LogP contribution < -0.4 is 10.1 Å². The van der Waals surface area contributed by atoms with E-state index in [-0.39, 0.29) is 11.7 Å². The molecule has 3 rings (SSSR count). The molecular weight excluding hydrogens is 418 g/mol. The van der Waals surface area contributed by atoms with Gasteiger partial charge in [-0.25, -0.2) is 0 Å². The Hall–Kier alpha value is -2.71. The molecule has 0 atom stereocenters. The van der Waals surface area contributed by atoms with E-state index in [2.05, 4.69) is 28.5 Å². The lowest BCUT2D eigenvalue weighted by Crippen LogP contribution is -2.12. The van der Waals surface area contributed by atoms with Gasteiger partial charge in [0.05, 0.1) is 12.7 Å². The molecule has 2 aromatic carbocycles. The fourth-order valence-corrected chi connectivity index (χ4v) is 5.37. The van der Waals surface area contributed by atoms with Crippen LogP contribution in [0, 0.1) is 20.8 Å². The minimum absolute atomic E-state index is 0.0773. The molecule has 0 saturated heterocycles. The molecule has 1 heterocycles. The maximum Gasteiger partial charge on any atom is 0.261 e. The molecule has 3 aromatic rings. The van der Waals surface area contributed by atoms with Crippen molar-refractivity contribution in [1.29, 1.82) is 0 Å². The molecule has 0 radical (unpaired) electrons. The molecule has 8 heteroatoms. The molecule has 0 bridgehead atoms. The molecule has 0 spiro atoms. The average molecular weight is 442 g/mol. The highest BCUT2D eigenvalue weighted by Gasteiger charge is 2.17. The van der Waals surface area contributed by atoms with Crippen LogP contribution in [0.15, 0.2) is 34.7 Å². The first-order chi connectivity index (χ1) is 14.3. The van der Waals surface area contributed by atoms with Gasteiger partial charge in [-0.3, -0.25) is 14.9 Å². The second-order valence-corrected chi connectivity index (χ2v) is 9.06. The van der Waals surface area contributed by atoms with E-state index in [1.165, 1.54) is 30.2 Å². The molecule has 1 amide bonds. The molecule has 0 aliphatic rings. The number of aromatic nitrogens is 2. The van der Waals surface area contributed by atoms with Crippen molar-refractivity contribution >= 4 is 39.9 Å². The predicted octanol–water partition coefficient (Wildman–Crippen LogP) is 5.22. The molecular formula is C22H23N3O3S2. The molecule has 30 heavy (non-hydrogen) atoms. The highest BCUT2D eigenvalue weighted by molar-refractivity contribution is 8.00. The Labute approximate surface area is 184 Å². The third-order valence-corrected chi connectivity index (χ3v) is 6.80. The van der Waals surface area contributed by atoms with Gasteiger partial charge in [0.1, 0.15) is 5.75 Å². The summed E-state index contributed by atoms with van der Waals surface area (Å²) in [5.74, 6) is 0.957. The molecule has 0 aliphatic heterocycles. The number of carbonyl (C=O) groups excluding carboxylic acids is 2. The van der Waals surface area contributed by atoms with E-state index < -0.39 is 0 Å². The maximum absolute atomic E-state index is 12.5. The third-order valence-electron chi connectivity index (χ3n) is 4.80. The van der Waals surface area contributed by atoms with E-state index in [0.29, 0.717) is 22.2 Å². The summed E-state index contributed by atoms with van der Waals surface area (Å²) < 4.78 is 5.98. The van der Waals surface area contributed by atoms with Crippen LogP contribution in [-0.4, -0.2) is 29.0 Å². The monoisotopic (exact) mass is 441 g/mol. The number of ketones is 1. The summed E-state index contributed by atoms with van der Waals surface area (Å²) in [7, 11) is 1.53. The number of anilines is 1. The van der Waals surface area contributed by atoms with Crippen LogP contribution in [0.5, 0.6) is 5.75 Å². The summed E-state index contributed by atoms with van der Waals surface area (Å²) in [5.41, 5.74) is 5.53. The summed E-state index contributed by atoms with van der Waals surface area (Å²) in [4.78, 5) is 24.5. The number of ether oxygens (including phenoxy) is 1. The Kier molecular flexibility index (Phi) is 6.89. The molecule has 156 valence electrons. The highest BCUT2D eigenvalue weighted by atomic mass is 32.2. The van der Waals surface area contributed by atoms with Crippen LogP contribution in [0.1, 0.15) is 49.9 Å². The Bertz CT molecular complexity index is 1110. The fraction of sp³-hybridized carbons (Fsp3) is 0.273. The van der Waals surface area contributed by atoms with Gasteiger partial charge < -0.3 is 4.74 Å². The van der Waals surface area contributed by atoms with Crippen LogP contribution >= 0.6 is 23.1 Å². The summed E-state index contributed by atoms with van der Waals surface area (Å²) in [6.45, 7) is 7.61. The number of benzene rings is 2. The summed E-state index contributed by atoms with van der Waals surface area (Å²) in [5, 5.41) is 11.4. The van der Waals surface area contributed by atoms with Gasteiger partial charge in [0.25, 0.3) is 5.91 Å². The summed E-state index contributed by atoms with van der Waals surface area (Å²) >= 11 is 2.85. The zero-order valence-electron chi connectivity index (χ0n) is 17.5. The number of carbonyl (C=O) groups is 2. The SMILES string of the molecule is COc1ccccc1C(=O)Nc1nnc(SCc2c(C)cc(C)c(C(C)=O)c2C)s1. The molecule has 6 nitrogen and oxygen atoms in total. The number of hydrogen-bond donors (Lipinski definition) is 1. The Morgan fingerprint density at radius 1 is 1.13 bits per heavy atom. The summed E-state index contributed by atoms with van der Waals surface area (Å²) in [6.07, 6.45) is 0. The van der Waals surface area contributed by atoms with Crippen LogP contribution in [0.3, 0.4) is 0 Å². The molecule has 0 fully saturated rings. The van der Waals surface area contributed by atoms with Crippen LogP contribution in [0.2, 0.25) is 0 Å². The second-order valence-electron chi connectivity index (χ2n) is 6.86. The Morgan fingerprint density at radius 2 is 1.87 bits per heavy atom. The van der Waals surface area contributed by atoms with Crippen LogP contribution in [-0.2, 0) is 5.75 Å². The number of thioether (sulfide) groups is 1. The van der Waals surface area contributed by atoms with Crippen molar-refractivity contribution in [2.45, 2.75) is 37.8 Å². The first-order valence-corrected chi connectivity index (χ1v) is 11.1. The number of Topliss-reactive ketones (excluding diaryl/α,β-unsaturated/α-hetero) is 1. The number of nitrogens with zero attached hydrogens (tertiary/aromatic N) is 2. The van der Waals surface area contributed by atoms with Gasteiger partial charge in [-0.05, 0) is 62.1 Å². The fourth-order valence-electron chi connectivity index (χ4n) is 3.44. The first kappa shape index (κ1) is 22.0. The van der Waals surface area contributed by atoms with E-state index in [1.807, 2.05) is 19.9 Å².